The van der Waals surface area contributed by atoms with Crippen molar-refractivity contribution in [2.75, 3.05) is 13.2 Å². The van der Waals surface area contributed by atoms with Crippen LogP contribution in [0, 0.1) is 6.92 Å². The van der Waals surface area contributed by atoms with Gasteiger partial charge in [-0.25, -0.2) is 4.79 Å². The van der Waals surface area contributed by atoms with E-state index in [1.54, 1.807) is 19.9 Å². The second kappa shape index (κ2) is 5.92. The number of fused-ring (bicyclic) bond motifs is 1. The SMILES string of the molecule is CCOP(=O)(OCC)c1cc2cc(C)ccc2oc1=O. The van der Waals surface area contributed by atoms with E-state index in [0.29, 0.717) is 11.0 Å². The van der Waals surface area contributed by atoms with Gasteiger partial charge in [0.05, 0.1) is 13.2 Å². The summed E-state index contributed by atoms with van der Waals surface area (Å²) < 4.78 is 28.2. The molecule has 0 aliphatic rings. The van der Waals surface area contributed by atoms with Crippen LogP contribution in [-0.4, -0.2) is 13.2 Å². The third-order valence-corrected chi connectivity index (χ3v) is 4.86. The van der Waals surface area contributed by atoms with Crippen LogP contribution in [0.15, 0.2) is 33.5 Å². The zero-order valence-electron chi connectivity index (χ0n) is 11.7. The molecule has 20 heavy (non-hydrogen) atoms. The largest absolute Gasteiger partial charge is 0.422 e. The highest BCUT2D eigenvalue weighted by Gasteiger charge is 2.31. The Balaban J connectivity index is 2.66. The Bertz CT molecular complexity index is 709. The lowest BCUT2D eigenvalue weighted by molar-refractivity contribution is 0.229. The van der Waals surface area contributed by atoms with Gasteiger partial charge >= 0.3 is 13.2 Å². The van der Waals surface area contributed by atoms with Crippen molar-refractivity contribution in [3.63, 3.8) is 0 Å². The molecule has 0 saturated carbocycles. The van der Waals surface area contributed by atoms with Crippen LogP contribution in [0.4, 0.5) is 0 Å². The Morgan fingerprint density at radius 1 is 1.15 bits per heavy atom. The Morgan fingerprint density at radius 2 is 1.80 bits per heavy atom. The topological polar surface area (TPSA) is 65.7 Å². The molecular weight excluding hydrogens is 279 g/mol. The first-order valence-electron chi connectivity index (χ1n) is 6.44. The fraction of sp³-hybridized carbons (Fsp3) is 0.357. The van der Waals surface area contributed by atoms with Gasteiger partial charge in [-0.05, 0) is 39.0 Å². The molecule has 108 valence electrons. The standard InChI is InChI=1S/C14H17O5P/c1-4-17-20(16,18-5-2)13-9-11-8-10(3)6-7-12(11)19-14(13)15/h6-9H,4-5H2,1-3H3. The highest BCUT2D eigenvalue weighted by Crippen LogP contribution is 2.46. The molecule has 0 saturated heterocycles. The quantitative estimate of drug-likeness (QED) is 0.627. The molecule has 0 fully saturated rings. The maximum absolute atomic E-state index is 12.7. The Kier molecular flexibility index (Phi) is 4.43. The van der Waals surface area contributed by atoms with Gasteiger partial charge in [0.1, 0.15) is 5.58 Å². The fourth-order valence-electron chi connectivity index (χ4n) is 1.94. The third-order valence-electron chi connectivity index (χ3n) is 2.76. The Hall–Kier alpha value is -1.42. The normalized spacial score (nSPS) is 11.9. The summed E-state index contributed by atoms with van der Waals surface area (Å²) in [5.74, 6) is 0. The molecule has 0 atom stereocenters. The van der Waals surface area contributed by atoms with Crippen LogP contribution in [0.1, 0.15) is 19.4 Å². The minimum atomic E-state index is -3.64. The van der Waals surface area contributed by atoms with Crippen molar-refractivity contribution in [2.45, 2.75) is 20.8 Å². The van der Waals surface area contributed by atoms with Crippen LogP contribution in [-0.2, 0) is 13.6 Å². The van der Waals surface area contributed by atoms with E-state index in [4.69, 9.17) is 13.5 Å². The maximum Gasteiger partial charge on any atom is 0.368 e. The lowest BCUT2D eigenvalue weighted by Gasteiger charge is -2.16. The van der Waals surface area contributed by atoms with Gasteiger partial charge in [0.15, 0.2) is 5.30 Å². The summed E-state index contributed by atoms with van der Waals surface area (Å²) in [7, 11) is -3.64. The highest BCUT2D eigenvalue weighted by molar-refractivity contribution is 7.62. The summed E-state index contributed by atoms with van der Waals surface area (Å²) >= 11 is 0. The minimum absolute atomic E-state index is 0.0562. The lowest BCUT2D eigenvalue weighted by atomic mass is 10.2. The molecule has 0 bridgehead atoms. The first-order chi connectivity index (χ1) is 9.50. The van der Waals surface area contributed by atoms with Gasteiger partial charge in [-0.2, -0.15) is 0 Å². The molecule has 0 amide bonds. The number of hydrogen-bond donors (Lipinski definition) is 0. The molecule has 6 heteroatoms. The highest BCUT2D eigenvalue weighted by atomic mass is 31.2. The van der Waals surface area contributed by atoms with Crippen LogP contribution in [0.3, 0.4) is 0 Å². The van der Waals surface area contributed by atoms with Crippen molar-refractivity contribution < 1.29 is 18.0 Å². The maximum atomic E-state index is 12.7. The van der Waals surface area contributed by atoms with E-state index in [1.807, 2.05) is 19.1 Å². The molecule has 0 radical (unpaired) electrons. The van der Waals surface area contributed by atoms with E-state index in [0.717, 1.165) is 5.56 Å². The Morgan fingerprint density at radius 3 is 2.40 bits per heavy atom. The predicted octanol–water partition coefficient (Wildman–Crippen LogP) is 2.99. The van der Waals surface area contributed by atoms with E-state index < -0.39 is 13.2 Å². The summed E-state index contributed by atoms with van der Waals surface area (Å²) in [6.07, 6.45) is 0. The van der Waals surface area contributed by atoms with Crippen LogP contribution in [0.25, 0.3) is 11.0 Å². The first kappa shape index (κ1) is 15.0. The minimum Gasteiger partial charge on any atom is -0.422 e. The number of hydrogen-bond acceptors (Lipinski definition) is 5. The monoisotopic (exact) mass is 296 g/mol. The van der Waals surface area contributed by atoms with Gasteiger partial charge < -0.3 is 13.5 Å². The van der Waals surface area contributed by atoms with Gasteiger partial charge in [-0.15, -0.1) is 0 Å². The van der Waals surface area contributed by atoms with E-state index in [-0.39, 0.29) is 18.5 Å². The predicted molar refractivity (Wildman–Crippen MR) is 77.7 cm³/mol. The van der Waals surface area contributed by atoms with Gasteiger partial charge in [0.25, 0.3) is 0 Å². The van der Waals surface area contributed by atoms with Gasteiger partial charge in [-0.3, -0.25) is 4.57 Å². The average Bonchev–Trinajstić information content (AvgIpc) is 2.39. The molecule has 0 spiro atoms. The molecular formula is C14H17O5P. The fourth-order valence-corrected chi connectivity index (χ4v) is 3.54. The van der Waals surface area contributed by atoms with Crippen LogP contribution >= 0.6 is 7.60 Å². The summed E-state index contributed by atoms with van der Waals surface area (Å²) in [6.45, 7) is 5.68. The van der Waals surface area contributed by atoms with Crippen molar-refractivity contribution in [3.05, 3.63) is 40.2 Å². The molecule has 1 aromatic carbocycles. The lowest BCUT2D eigenvalue weighted by Crippen LogP contribution is -2.26. The summed E-state index contributed by atoms with van der Waals surface area (Å²) in [5.41, 5.74) is 0.774. The molecule has 0 aliphatic carbocycles. The number of aryl methyl sites for hydroxylation is 1. The smallest absolute Gasteiger partial charge is 0.368 e. The zero-order chi connectivity index (χ0) is 14.8. The van der Waals surface area contributed by atoms with Crippen LogP contribution in [0.2, 0.25) is 0 Å². The second-order valence-electron chi connectivity index (χ2n) is 4.29. The summed E-state index contributed by atoms with van der Waals surface area (Å²) in [5, 5.41) is 0.638. The summed E-state index contributed by atoms with van der Waals surface area (Å²) in [6, 6.07) is 6.93. The third kappa shape index (κ3) is 2.85. The molecule has 1 heterocycles. The number of rotatable bonds is 5. The van der Waals surface area contributed by atoms with E-state index in [9.17, 15) is 9.36 Å². The van der Waals surface area contributed by atoms with E-state index in [1.165, 1.54) is 6.07 Å². The van der Waals surface area contributed by atoms with Gasteiger partial charge in [0, 0.05) is 5.39 Å². The average molecular weight is 296 g/mol. The van der Waals surface area contributed by atoms with E-state index in [2.05, 4.69) is 0 Å². The van der Waals surface area contributed by atoms with E-state index >= 15 is 0 Å². The van der Waals surface area contributed by atoms with Crippen molar-refractivity contribution in [1.29, 1.82) is 0 Å². The van der Waals surface area contributed by atoms with Gasteiger partial charge in [-0.1, -0.05) is 11.6 Å². The number of benzene rings is 1. The van der Waals surface area contributed by atoms with Crippen molar-refractivity contribution in [3.8, 4) is 0 Å². The molecule has 1 aromatic heterocycles. The molecule has 2 aromatic rings. The Labute approximate surface area is 117 Å². The second-order valence-corrected chi connectivity index (χ2v) is 6.29. The van der Waals surface area contributed by atoms with Crippen molar-refractivity contribution in [1.82, 2.24) is 0 Å². The zero-order valence-corrected chi connectivity index (χ0v) is 12.6. The van der Waals surface area contributed by atoms with Crippen LogP contribution < -0.4 is 10.9 Å². The molecule has 5 nitrogen and oxygen atoms in total. The molecule has 0 aliphatic heterocycles. The first-order valence-corrected chi connectivity index (χ1v) is 7.98. The summed E-state index contributed by atoms with van der Waals surface area (Å²) in [4.78, 5) is 12.0. The molecule has 0 N–H and O–H groups in total. The molecule has 0 unspecified atom stereocenters. The van der Waals surface area contributed by atoms with Gasteiger partial charge in [0.2, 0.25) is 0 Å². The van der Waals surface area contributed by atoms with Crippen molar-refractivity contribution >= 4 is 23.9 Å². The van der Waals surface area contributed by atoms with Crippen molar-refractivity contribution in [2.24, 2.45) is 0 Å². The molecule has 2 rings (SSSR count). The van der Waals surface area contributed by atoms with Crippen LogP contribution in [0.5, 0.6) is 0 Å².